The van der Waals surface area contributed by atoms with Crippen LogP contribution in [0.15, 0.2) is 22.8 Å². The highest BCUT2D eigenvalue weighted by Crippen LogP contribution is 2.62. The molecule has 4 aliphatic rings. The second-order valence-electron chi connectivity index (χ2n) is 8.25. The Morgan fingerprint density at radius 3 is 2.76 bits per heavy atom. The van der Waals surface area contributed by atoms with Crippen molar-refractivity contribution >= 4 is 0 Å². The molecule has 0 aromatic heterocycles. The summed E-state index contributed by atoms with van der Waals surface area (Å²) in [5, 5.41) is 9.96. The molecule has 1 nitrogen and oxygen atoms in total. The lowest BCUT2D eigenvalue weighted by atomic mass is 9.54. The van der Waals surface area contributed by atoms with E-state index < -0.39 is 0 Å². The van der Waals surface area contributed by atoms with Crippen molar-refractivity contribution in [2.75, 3.05) is 0 Å². The average Bonchev–Trinajstić information content (AvgIpc) is 2.83. The van der Waals surface area contributed by atoms with Gasteiger partial charge in [-0.15, -0.1) is 0 Å². The molecular formula is C20H30O. The number of hydrogen-bond acceptors (Lipinski definition) is 1. The van der Waals surface area contributed by atoms with Crippen LogP contribution in [-0.4, -0.2) is 11.2 Å². The van der Waals surface area contributed by atoms with Gasteiger partial charge in [0.15, 0.2) is 0 Å². The summed E-state index contributed by atoms with van der Waals surface area (Å²) in [5.74, 6) is 2.74. The number of aliphatic hydroxyl groups excluding tert-OH is 1. The lowest BCUT2D eigenvalue weighted by Crippen LogP contribution is -2.42. The summed E-state index contributed by atoms with van der Waals surface area (Å²) in [7, 11) is 0. The minimum Gasteiger partial charge on any atom is -0.393 e. The maximum Gasteiger partial charge on any atom is 0.0580 e. The second kappa shape index (κ2) is 4.98. The average molecular weight is 286 g/mol. The monoisotopic (exact) mass is 286 g/mol. The maximum atomic E-state index is 9.96. The van der Waals surface area contributed by atoms with Crippen LogP contribution in [0, 0.1) is 23.2 Å². The van der Waals surface area contributed by atoms with E-state index in [1.807, 2.05) is 0 Å². The zero-order valence-corrected chi connectivity index (χ0v) is 13.7. The summed E-state index contributed by atoms with van der Waals surface area (Å²) in [6.45, 7) is 4.81. The minimum absolute atomic E-state index is 0.0461. The highest BCUT2D eigenvalue weighted by molar-refractivity contribution is 5.30. The molecule has 21 heavy (non-hydrogen) atoms. The van der Waals surface area contributed by atoms with Gasteiger partial charge in [-0.3, -0.25) is 0 Å². The van der Waals surface area contributed by atoms with Gasteiger partial charge in [-0.25, -0.2) is 0 Å². The number of fused-ring (bicyclic) bond motifs is 4. The number of hydrogen-bond donors (Lipinski definition) is 1. The zero-order valence-electron chi connectivity index (χ0n) is 13.7. The molecule has 2 saturated carbocycles. The predicted octanol–water partition coefficient (Wildman–Crippen LogP) is 5.01. The van der Waals surface area contributed by atoms with Crippen LogP contribution < -0.4 is 0 Å². The van der Waals surface area contributed by atoms with Crippen molar-refractivity contribution in [2.45, 2.75) is 77.7 Å². The molecule has 0 bridgehead atoms. The van der Waals surface area contributed by atoms with Crippen LogP contribution in [-0.2, 0) is 0 Å². The molecule has 4 aliphatic carbocycles. The molecule has 0 aliphatic heterocycles. The third-order valence-corrected chi connectivity index (χ3v) is 7.54. The first kappa shape index (κ1) is 14.1. The topological polar surface area (TPSA) is 20.2 Å². The Morgan fingerprint density at radius 1 is 1.10 bits per heavy atom. The summed E-state index contributed by atoms with van der Waals surface area (Å²) in [6.07, 6.45) is 13.8. The van der Waals surface area contributed by atoms with Gasteiger partial charge in [-0.1, -0.05) is 29.7 Å². The van der Waals surface area contributed by atoms with Gasteiger partial charge in [-0.2, -0.15) is 0 Å². The Balaban J connectivity index is 1.65. The molecule has 1 unspecified atom stereocenters. The lowest BCUT2D eigenvalue weighted by Gasteiger charge is -2.51. The molecular weight excluding hydrogens is 256 g/mol. The van der Waals surface area contributed by atoms with Crippen molar-refractivity contribution in [2.24, 2.45) is 23.2 Å². The molecule has 0 spiro atoms. The largest absolute Gasteiger partial charge is 0.393 e. The summed E-state index contributed by atoms with van der Waals surface area (Å²) in [6, 6.07) is 0. The SMILES string of the molecule is CC=C1CC[C@H]2[C@@H]3CCC4=C(CCC(O)C4)[C@H]3CC[C@]12C. The minimum atomic E-state index is -0.0461. The van der Waals surface area contributed by atoms with E-state index in [2.05, 4.69) is 19.9 Å². The fourth-order valence-corrected chi connectivity index (χ4v) is 6.51. The summed E-state index contributed by atoms with van der Waals surface area (Å²) in [5.41, 5.74) is 5.72. The van der Waals surface area contributed by atoms with Gasteiger partial charge >= 0.3 is 0 Å². The first-order valence-corrected chi connectivity index (χ1v) is 9.18. The Kier molecular flexibility index (Phi) is 3.33. The van der Waals surface area contributed by atoms with Crippen molar-refractivity contribution in [3.8, 4) is 0 Å². The maximum absolute atomic E-state index is 9.96. The molecule has 116 valence electrons. The fourth-order valence-electron chi connectivity index (χ4n) is 6.51. The van der Waals surface area contributed by atoms with E-state index >= 15 is 0 Å². The standard InChI is InChI=1S/C20H30O/c1-3-14-5-9-19-18-7-4-13-12-15(21)6-8-16(13)17(18)10-11-20(14,19)2/h3,15,17-19,21H,4-12H2,1-2H3/t15?,17-,18-,19+,20-/m1/s1. The molecule has 0 saturated heterocycles. The van der Waals surface area contributed by atoms with Gasteiger partial charge in [0.2, 0.25) is 0 Å². The van der Waals surface area contributed by atoms with Gasteiger partial charge in [0.25, 0.3) is 0 Å². The first-order valence-electron chi connectivity index (χ1n) is 9.18. The van der Waals surface area contributed by atoms with Gasteiger partial charge in [0.1, 0.15) is 0 Å². The third-order valence-electron chi connectivity index (χ3n) is 7.54. The van der Waals surface area contributed by atoms with Crippen LogP contribution in [0.3, 0.4) is 0 Å². The molecule has 4 rings (SSSR count). The summed E-state index contributed by atoms with van der Waals surface area (Å²) >= 11 is 0. The van der Waals surface area contributed by atoms with E-state index in [-0.39, 0.29) is 6.10 Å². The quantitative estimate of drug-likeness (QED) is 0.621. The van der Waals surface area contributed by atoms with Crippen LogP contribution in [0.5, 0.6) is 0 Å². The van der Waals surface area contributed by atoms with E-state index in [4.69, 9.17) is 0 Å². The summed E-state index contributed by atoms with van der Waals surface area (Å²) < 4.78 is 0. The fraction of sp³-hybridized carbons (Fsp3) is 0.800. The van der Waals surface area contributed by atoms with Crippen molar-refractivity contribution < 1.29 is 5.11 Å². The third kappa shape index (κ3) is 2.00. The van der Waals surface area contributed by atoms with Crippen LogP contribution in [0.2, 0.25) is 0 Å². The lowest BCUT2D eigenvalue weighted by molar-refractivity contribution is 0.0544. The van der Waals surface area contributed by atoms with Crippen LogP contribution in [0.4, 0.5) is 0 Å². The highest BCUT2D eigenvalue weighted by atomic mass is 16.3. The number of rotatable bonds is 0. The van der Waals surface area contributed by atoms with E-state index in [9.17, 15) is 5.11 Å². The van der Waals surface area contributed by atoms with Crippen LogP contribution in [0.25, 0.3) is 0 Å². The van der Waals surface area contributed by atoms with Crippen molar-refractivity contribution in [1.82, 2.24) is 0 Å². The molecule has 0 heterocycles. The molecule has 0 aromatic carbocycles. The first-order chi connectivity index (χ1) is 10.1. The molecule has 0 amide bonds. The molecule has 2 fully saturated rings. The van der Waals surface area contributed by atoms with Crippen LogP contribution in [0.1, 0.15) is 71.6 Å². The van der Waals surface area contributed by atoms with E-state index in [0.29, 0.717) is 5.41 Å². The number of allylic oxidation sites excluding steroid dienone is 3. The van der Waals surface area contributed by atoms with Crippen molar-refractivity contribution in [3.05, 3.63) is 22.8 Å². The Hall–Kier alpha value is -0.560. The Labute approximate surface area is 129 Å². The van der Waals surface area contributed by atoms with Crippen LogP contribution >= 0.6 is 0 Å². The molecule has 0 aromatic rings. The second-order valence-corrected chi connectivity index (χ2v) is 8.25. The summed E-state index contributed by atoms with van der Waals surface area (Å²) in [4.78, 5) is 0. The zero-order chi connectivity index (χ0) is 14.6. The molecule has 0 radical (unpaired) electrons. The number of aliphatic hydroxyl groups is 1. The van der Waals surface area contributed by atoms with Crippen molar-refractivity contribution in [3.63, 3.8) is 0 Å². The molecule has 1 N–H and O–H groups in total. The van der Waals surface area contributed by atoms with Crippen molar-refractivity contribution in [1.29, 1.82) is 0 Å². The Bertz CT molecular complexity index is 500. The van der Waals surface area contributed by atoms with E-state index in [0.717, 1.165) is 30.6 Å². The highest BCUT2D eigenvalue weighted by Gasteiger charge is 2.52. The molecule has 1 heteroatoms. The normalized spacial score (nSPS) is 48.0. The smallest absolute Gasteiger partial charge is 0.0580 e. The van der Waals surface area contributed by atoms with Gasteiger partial charge < -0.3 is 5.11 Å². The van der Waals surface area contributed by atoms with Gasteiger partial charge in [-0.05, 0) is 87.9 Å². The van der Waals surface area contributed by atoms with Gasteiger partial charge in [0.05, 0.1) is 6.10 Å². The predicted molar refractivity (Wildman–Crippen MR) is 86.9 cm³/mol. The van der Waals surface area contributed by atoms with Gasteiger partial charge in [0, 0.05) is 0 Å². The van der Waals surface area contributed by atoms with E-state index in [1.165, 1.54) is 44.9 Å². The van der Waals surface area contributed by atoms with E-state index in [1.54, 1.807) is 16.7 Å². The Morgan fingerprint density at radius 2 is 1.95 bits per heavy atom. The molecule has 5 atom stereocenters.